The Labute approximate surface area is 250 Å². The third-order valence-electron chi connectivity index (χ3n) is 6.67. The van der Waals surface area contributed by atoms with Crippen LogP contribution in [0, 0.1) is 0 Å². The molecule has 10 heteroatoms. The van der Waals surface area contributed by atoms with E-state index in [4.69, 9.17) is 23.2 Å². The molecular weight excluding hydrogens is 575 g/mol. The number of para-hydroxylation sites is 1. The summed E-state index contributed by atoms with van der Waals surface area (Å²) >= 11 is 13.5. The minimum atomic E-state index is -0.256. The first-order chi connectivity index (χ1) is 20.0. The molecule has 0 radical (unpaired) electrons. The summed E-state index contributed by atoms with van der Waals surface area (Å²) < 4.78 is 4.19. The van der Waals surface area contributed by atoms with Crippen molar-refractivity contribution in [1.82, 2.24) is 24.8 Å². The maximum atomic E-state index is 12.7. The lowest BCUT2D eigenvalue weighted by molar-refractivity contribution is -0.118. The lowest BCUT2D eigenvalue weighted by atomic mass is 10.1. The van der Waals surface area contributed by atoms with E-state index in [0.717, 1.165) is 28.7 Å². The highest BCUT2D eigenvalue weighted by Crippen LogP contribution is 2.30. The van der Waals surface area contributed by atoms with Crippen molar-refractivity contribution in [2.45, 2.75) is 18.6 Å². The minimum absolute atomic E-state index is 0.104. The van der Waals surface area contributed by atoms with Crippen LogP contribution in [0.3, 0.4) is 0 Å². The highest BCUT2D eigenvalue weighted by Gasteiger charge is 2.17. The molecule has 0 aliphatic heterocycles. The van der Waals surface area contributed by atoms with Crippen LogP contribution in [-0.2, 0) is 11.3 Å². The molecule has 6 aromatic rings. The van der Waals surface area contributed by atoms with Crippen LogP contribution in [0.15, 0.2) is 101 Å². The Morgan fingerprint density at radius 1 is 0.902 bits per heavy atom. The van der Waals surface area contributed by atoms with Gasteiger partial charge in [0.25, 0.3) is 5.91 Å². The highest BCUT2D eigenvalue weighted by atomic mass is 35.5. The molecule has 41 heavy (non-hydrogen) atoms. The highest BCUT2D eigenvalue weighted by molar-refractivity contribution is 7.99. The molecular formula is C31H24Cl2N6OS. The summed E-state index contributed by atoms with van der Waals surface area (Å²) in [4.78, 5) is 12.7. The number of hydrazone groups is 1. The van der Waals surface area contributed by atoms with Gasteiger partial charge >= 0.3 is 0 Å². The van der Waals surface area contributed by atoms with E-state index in [1.54, 1.807) is 30.5 Å². The Morgan fingerprint density at radius 2 is 1.61 bits per heavy atom. The zero-order valence-corrected chi connectivity index (χ0v) is 24.3. The molecule has 0 fully saturated rings. The predicted molar refractivity (Wildman–Crippen MR) is 168 cm³/mol. The van der Waals surface area contributed by atoms with Crippen LogP contribution in [0.5, 0.6) is 0 Å². The second-order valence-corrected chi connectivity index (χ2v) is 11.1. The second kappa shape index (κ2) is 11.8. The third kappa shape index (κ3) is 5.59. The quantitative estimate of drug-likeness (QED) is 0.111. The van der Waals surface area contributed by atoms with Gasteiger partial charge in [-0.05, 0) is 79.2 Å². The lowest BCUT2D eigenvalue weighted by Crippen LogP contribution is -2.20. The van der Waals surface area contributed by atoms with Crippen molar-refractivity contribution in [3.8, 4) is 17.1 Å². The van der Waals surface area contributed by atoms with E-state index in [1.165, 1.54) is 28.2 Å². The topological polar surface area (TPSA) is 77.1 Å². The smallest absolute Gasteiger partial charge is 0.250 e. The van der Waals surface area contributed by atoms with Crippen LogP contribution in [0.25, 0.3) is 38.9 Å². The number of carbonyl (C=O) groups is 1. The van der Waals surface area contributed by atoms with Gasteiger partial charge in [0.15, 0.2) is 11.0 Å². The van der Waals surface area contributed by atoms with Gasteiger partial charge in [-0.25, -0.2) is 5.43 Å². The number of amides is 1. The Balaban J connectivity index is 1.18. The maximum absolute atomic E-state index is 12.7. The average Bonchev–Trinajstić information content (AvgIpc) is 3.56. The predicted octanol–water partition coefficient (Wildman–Crippen LogP) is 7.61. The molecule has 0 atom stereocenters. The molecule has 0 aliphatic rings. The standard InChI is InChI=1S/C31H24Cl2N6OS/c1-2-38-27-6-4-3-5-25(27)26-17-20(7-16-28(26)38)18-34-35-29(40)19-41-31-37-36-30(21-8-10-22(32)11-9-21)39(31)24-14-12-23(33)13-15-24/h3-18H,2,19H2,1H3,(H,35,40)/b34-18-. The number of hydrogen-bond acceptors (Lipinski definition) is 5. The van der Waals surface area contributed by atoms with Gasteiger partial charge < -0.3 is 4.57 Å². The van der Waals surface area contributed by atoms with Crippen molar-refractivity contribution >= 4 is 68.9 Å². The van der Waals surface area contributed by atoms with Gasteiger partial charge in [0.2, 0.25) is 0 Å². The number of halogens is 2. The number of carbonyl (C=O) groups excluding carboxylic acids is 1. The van der Waals surface area contributed by atoms with Crippen molar-refractivity contribution in [1.29, 1.82) is 0 Å². The monoisotopic (exact) mass is 598 g/mol. The Morgan fingerprint density at radius 3 is 2.37 bits per heavy atom. The van der Waals surface area contributed by atoms with E-state index in [2.05, 4.69) is 62.5 Å². The van der Waals surface area contributed by atoms with Crippen molar-refractivity contribution in [3.63, 3.8) is 0 Å². The summed E-state index contributed by atoms with van der Waals surface area (Å²) in [5, 5.41) is 17.1. The number of fused-ring (bicyclic) bond motifs is 3. The summed E-state index contributed by atoms with van der Waals surface area (Å²) in [5.74, 6) is 0.477. The number of thioether (sulfide) groups is 1. The van der Waals surface area contributed by atoms with Gasteiger partial charge in [-0.15, -0.1) is 10.2 Å². The van der Waals surface area contributed by atoms with Gasteiger partial charge in [0, 0.05) is 49.6 Å². The largest absolute Gasteiger partial charge is 0.341 e. The van der Waals surface area contributed by atoms with E-state index in [0.29, 0.717) is 21.0 Å². The number of nitrogens with zero attached hydrogens (tertiary/aromatic N) is 5. The maximum Gasteiger partial charge on any atom is 0.250 e. The van der Waals surface area contributed by atoms with E-state index < -0.39 is 0 Å². The number of rotatable bonds is 8. The number of aryl methyl sites for hydroxylation is 1. The van der Waals surface area contributed by atoms with Crippen LogP contribution in [-0.4, -0.2) is 37.2 Å². The van der Waals surface area contributed by atoms with Gasteiger partial charge in [-0.1, -0.05) is 59.2 Å². The van der Waals surface area contributed by atoms with Crippen molar-refractivity contribution in [2.24, 2.45) is 5.10 Å². The van der Waals surface area contributed by atoms with Crippen molar-refractivity contribution < 1.29 is 4.79 Å². The normalized spacial score (nSPS) is 11.6. The Kier molecular flexibility index (Phi) is 7.78. The number of nitrogens with one attached hydrogen (secondary N) is 1. The fourth-order valence-electron chi connectivity index (χ4n) is 4.81. The van der Waals surface area contributed by atoms with Gasteiger partial charge in [0.05, 0.1) is 12.0 Å². The zero-order chi connectivity index (χ0) is 28.3. The van der Waals surface area contributed by atoms with E-state index in [9.17, 15) is 4.79 Å². The van der Waals surface area contributed by atoms with Gasteiger partial charge in [-0.3, -0.25) is 9.36 Å². The van der Waals surface area contributed by atoms with Gasteiger partial charge in [0.1, 0.15) is 0 Å². The van der Waals surface area contributed by atoms with Crippen molar-refractivity contribution in [3.05, 3.63) is 107 Å². The summed E-state index contributed by atoms with van der Waals surface area (Å²) in [7, 11) is 0. The summed E-state index contributed by atoms with van der Waals surface area (Å²) in [6, 6.07) is 29.3. The molecule has 7 nitrogen and oxygen atoms in total. The molecule has 0 bridgehead atoms. The molecule has 0 aliphatic carbocycles. The van der Waals surface area contributed by atoms with Crippen LogP contribution < -0.4 is 5.43 Å². The van der Waals surface area contributed by atoms with E-state index >= 15 is 0 Å². The average molecular weight is 600 g/mol. The molecule has 1 N–H and O–H groups in total. The molecule has 0 spiro atoms. The first kappa shape index (κ1) is 27.1. The van der Waals surface area contributed by atoms with Crippen molar-refractivity contribution in [2.75, 3.05) is 5.75 Å². The number of aromatic nitrogens is 4. The molecule has 204 valence electrons. The molecule has 2 heterocycles. The molecule has 0 unspecified atom stereocenters. The third-order valence-corrected chi connectivity index (χ3v) is 8.10. The fourth-order valence-corrected chi connectivity index (χ4v) is 5.80. The molecule has 6 rings (SSSR count). The molecule has 0 saturated heterocycles. The number of benzene rings is 4. The molecule has 2 aromatic heterocycles. The Hall–Kier alpha value is -4.11. The summed E-state index contributed by atoms with van der Waals surface area (Å²) in [5.41, 5.74) is 7.58. The SMILES string of the molecule is CCn1c2ccccc2c2cc(/C=N\NC(=O)CSc3nnc(-c4ccc(Cl)cc4)n3-c3ccc(Cl)cc3)ccc21. The number of hydrogen-bond donors (Lipinski definition) is 1. The van der Waals surface area contributed by atoms with Crippen LogP contribution >= 0.6 is 35.0 Å². The Bertz CT molecular complexity index is 1890. The summed E-state index contributed by atoms with van der Waals surface area (Å²) in [6.45, 7) is 3.03. The molecule has 4 aromatic carbocycles. The van der Waals surface area contributed by atoms with Crippen LogP contribution in [0.2, 0.25) is 10.0 Å². The first-order valence-corrected chi connectivity index (χ1v) is 14.7. The van der Waals surface area contributed by atoms with Gasteiger partial charge in [-0.2, -0.15) is 5.10 Å². The van der Waals surface area contributed by atoms with E-state index in [-0.39, 0.29) is 11.7 Å². The molecule has 0 saturated carbocycles. The fraction of sp³-hybridized carbons (Fsp3) is 0.0968. The van der Waals surface area contributed by atoms with Crippen LogP contribution in [0.1, 0.15) is 12.5 Å². The second-order valence-electron chi connectivity index (χ2n) is 9.24. The first-order valence-electron chi connectivity index (χ1n) is 12.9. The van der Waals surface area contributed by atoms with Crippen LogP contribution in [0.4, 0.5) is 0 Å². The van der Waals surface area contributed by atoms with E-state index in [1.807, 2.05) is 41.0 Å². The molecule has 1 amide bonds. The minimum Gasteiger partial charge on any atom is -0.341 e. The summed E-state index contributed by atoms with van der Waals surface area (Å²) in [6.07, 6.45) is 1.66. The lowest BCUT2D eigenvalue weighted by Gasteiger charge is -2.10. The zero-order valence-electron chi connectivity index (χ0n) is 22.0.